The standard InChI is InChI=1S/C35H34ClN7O3/c1-5-12-43(16-20(2)44)17-22-13-23(15-37)32-28(14-22)41-35(46-32)25-9-6-8-24(21(25)3)26-10-7-11-27(31(26)36)40-34(45)33-38-29-18-42(4)19-30(29)39-33/h6-11,13-14H,5,12,16-19H2,1-4H3,(H,38,39)(H,40,45). The van der Waals surface area contributed by atoms with E-state index in [-0.39, 0.29) is 17.5 Å². The Kier molecular flexibility index (Phi) is 8.73. The molecule has 3 aromatic carbocycles. The van der Waals surface area contributed by atoms with Crippen LogP contribution in [0.4, 0.5) is 5.69 Å². The number of halogens is 1. The van der Waals surface area contributed by atoms with Gasteiger partial charge in [-0.05, 0) is 74.8 Å². The van der Waals surface area contributed by atoms with Gasteiger partial charge in [-0.3, -0.25) is 19.4 Å². The van der Waals surface area contributed by atoms with Crippen molar-refractivity contribution in [3.63, 3.8) is 0 Å². The summed E-state index contributed by atoms with van der Waals surface area (Å²) >= 11 is 6.90. The van der Waals surface area contributed by atoms with E-state index in [1.54, 1.807) is 19.1 Å². The van der Waals surface area contributed by atoms with E-state index in [0.29, 0.717) is 52.9 Å². The quantitative estimate of drug-likeness (QED) is 0.173. The van der Waals surface area contributed by atoms with Gasteiger partial charge in [-0.15, -0.1) is 0 Å². The molecule has 234 valence electrons. The fourth-order valence-electron chi connectivity index (χ4n) is 6.06. The molecule has 46 heavy (non-hydrogen) atoms. The first kappa shape index (κ1) is 31.2. The zero-order valence-corrected chi connectivity index (χ0v) is 27.0. The molecule has 10 nitrogen and oxygen atoms in total. The lowest BCUT2D eigenvalue weighted by molar-refractivity contribution is -0.118. The second-order valence-corrected chi connectivity index (χ2v) is 12.2. The van der Waals surface area contributed by atoms with Crippen molar-refractivity contribution in [1.82, 2.24) is 24.8 Å². The molecule has 5 aromatic rings. The summed E-state index contributed by atoms with van der Waals surface area (Å²) < 4.78 is 6.20. The van der Waals surface area contributed by atoms with Crippen molar-refractivity contribution >= 4 is 40.1 Å². The van der Waals surface area contributed by atoms with Crippen molar-refractivity contribution in [1.29, 1.82) is 5.26 Å². The number of nitrogens with zero attached hydrogens (tertiary/aromatic N) is 5. The van der Waals surface area contributed by atoms with E-state index >= 15 is 0 Å². The number of anilines is 1. The molecule has 2 aromatic heterocycles. The Hall–Kier alpha value is -4.82. The highest BCUT2D eigenvalue weighted by Gasteiger charge is 2.24. The largest absolute Gasteiger partial charge is 0.435 e. The molecule has 0 unspecified atom stereocenters. The number of hydrogen-bond donors (Lipinski definition) is 2. The summed E-state index contributed by atoms with van der Waals surface area (Å²) in [6.45, 7) is 8.68. The number of benzene rings is 3. The first-order valence-electron chi connectivity index (χ1n) is 15.2. The van der Waals surface area contributed by atoms with Gasteiger partial charge in [0.1, 0.15) is 17.4 Å². The first-order valence-corrected chi connectivity index (χ1v) is 15.5. The zero-order valence-electron chi connectivity index (χ0n) is 26.2. The van der Waals surface area contributed by atoms with Gasteiger partial charge in [0, 0.05) is 30.8 Å². The van der Waals surface area contributed by atoms with Crippen LogP contribution in [0.15, 0.2) is 52.9 Å². The summed E-state index contributed by atoms with van der Waals surface area (Å²) in [7, 11) is 2.00. The van der Waals surface area contributed by atoms with Crippen LogP contribution in [0, 0.1) is 18.3 Å². The van der Waals surface area contributed by atoms with Crippen LogP contribution in [0.25, 0.3) is 33.7 Å². The molecule has 0 bridgehead atoms. The Morgan fingerprint density at radius 1 is 1.13 bits per heavy atom. The Morgan fingerprint density at radius 3 is 2.63 bits per heavy atom. The molecule has 0 spiro atoms. The number of rotatable bonds is 10. The smallest absolute Gasteiger partial charge is 0.291 e. The maximum Gasteiger partial charge on any atom is 0.291 e. The molecular weight excluding hydrogens is 602 g/mol. The van der Waals surface area contributed by atoms with Gasteiger partial charge >= 0.3 is 0 Å². The molecule has 2 N–H and O–H groups in total. The molecular formula is C35H34ClN7O3. The van der Waals surface area contributed by atoms with Gasteiger partial charge in [0.25, 0.3) is 5.91 Å². The SMILES string of the molecule is CCCN(CC(C)=O)Cc1cc(C#N)c2oc(-c3cccc(-c4cccc(NC(=O)c5nc6c([nH]5)CN(C)C6)c4Cl)c3C)nc2c1. The average molecular weight is 636 g/mol. The number of aromatic nitrogens is 3. The molecule has 1 amide bonds. The Labute approximate surface area is 272 Å². The van der Waals surface area contributed by atoms with Crippen molar-refractivity contribution in [3.8, 4) is 28.7 Å². The molecule has 1 aliphatic rings. The molecule has 0 radical (unpaired) electrons. The number of nitriles is 1. The minimum absolute atomic E-state index is 0.0934. The summed E-state index contributed by atoms with van der Waals surface area (Å²) in [5.74, 6) is 0.371. The second-order valence-electron chi connectivity index (χ2n) is 11.8. The van der Waals surface area contributed by atoms with E-state index in [4.69, 9.17) is 21.0 Å². The number of Topliss-reactive ketones (excluding diaryl/α,β-unsaturated/α-hetero) is 1. The summed E-state index contributed by atoms with van der Waals surface area (Å²) in [6.07, 6.45) is 0.910. The zero-order chi connectivity index (χ0) is 32.5. The summed E-state index contributed by atoms with van der Waals surface area (Å²) in [5.41, 5.74) is 7.78. The molecule has 0 fully saturated rings. The van der Waals surface area contributed by atoms with Crippen molar-refractivity contribution in [2.75, 3.05) is 25.5 Å². The monoisotopic (exact) mass is 635 g/mol. The second kappa shape index (κ2) is 12.9. The lowest BCUT2D eigenvalue weighted by atomic mass is 9.96. The number of fused-ring (bicyclic) bond motifs is 2. The van der Waals surface area contributed by atoms with Crippen molar-refractivity contribution in [3.05, 3.63) is 87.5 Å². The van der Waals surface area contributed by atoms with Crippen LogP contribution in [-0.4, -0.2) is 56.6 Å². The predicted octanol–water partition coefficient (Wildman–Crippen LogP) is 6.72. The van der Waals surface area contributed by atoms with Crippen LogP contribution in [0.5, 0.6) is 0 Å². The topological polar surface area (TPSA) is 131 Å². The van der Waals surface area contributed by atoms with Gasteiger partial charge in [0.05, 0.1) is 34.2 Å². The highest BCUT2D eigenvalue weighted by atomic mass is 35.5. The summed E-state index contributed by atoms with van der Waals surface area (Å²) in [5, 5.41) is 13.2. The van der Waals surface area contributed by atoms with Gasteiger partial charge in [0.2, 0.25) is 5.89 Å². The Morgan fingerprint density at radius 2 is 1.89 bits per heavy atom. The average Bonchev–Trinajstić information content (AvgIpc) is 3.71. The van der Waals surface area contributed by atoms with E-state index in [1.807, 2.05) is 50.4 Å². The number of aromatic amines is 1. The normalized spacial score (nSPS) is 12.9. The fourth-order valence-corrected chi connectivity index (χ4v) is 6.33. The molecule has 0 atom stereocenters. The van der Waals surface area contributed by atoms with Crippen molar-refractivity contribution in [2.45, 2.75) is 46.8 Å². The van der Waals surface area contributed by atoms with E-state index in [1.165, 1.54) is 0 Å². The highest BCUT2D eigenvalue weighted by Crippen LogP contribution is 2.39. The van der Waals surface area contributed by atoms with E-state index in [9.17, 15) is 14.9 Å². The lowest BCUT2D eigenvalue weighted by Gasteiger charge is -2.20. The number of H-pyrrole nitrogens is 1. The van der Waals surface area contributed by atoms with Crippen LogP contribution in [0.1, 0.15) is 59.0 Å². The van der Waals surface area contributed by atoms with Crippen LogP contribution >= 0.6 is 11.6 Å². The Balaban J connectivity index is 1.30. The maximum absolute atomic E-state index is 13.1. The molecule has 0 saturated carbocycles. The van der Waals surface area contributed by atoms with Gasteiger partial charge in [0.15, 0.2) is 11.4 Å². The molecule has 0 saturated heterocycles. The molecule has 3 heterocycles. The minimum atomic E-state index is -0.361. The van der Waals surface area contributed by atoms with Crippen molar-refractivity contribution in [2.24, 2.45) is 0 Å². The third-order valence-corrected chi connectivity index (χ3v) is 8.50. The first-order chi connectivity index (χ1) is 22.1. The van der Waals surface area contributed by atoms with Crippen LogP contribution < -0.4 is 5.32 Å². The predicted molar refractivity (Wildman–Crippen MR) is 177 cm³/mol. The van der Waals surface area contributed by atoms with Crippen LogP contribution in [0.3, 0.4) is 0 Å². The molecule has 11 heteroatoms. The molecule has 0 aliphatic carbocycles. The van der Waals surface area contributed by atoms with Gasteiger partial charge < -0.3 is 14.7 Å². The number of carbonyl (C=O) groups is 2. The number of oxazole rings is 1. The number of hydrogen-bond acceptors (Lipinski definition) is 8. The maximum atomic E-state index is 13.1. The fraction of sp³-hybridized carbons (Fsp3) is 0.286. The third-order valence-electron chi connectivity index (χ3n) is 8.09. The molecule has 1 aliphatic heterocycles. The van der Waals surface area contributed by atoms with E-state index < -0.39 is 0 Å². The van der Waals surface area contributed by atoms with Gasteiger partial charge in [-0.1, -0.05) is 42.8 Å². The summed E-state index contributed by atoms with van der Waals surface area (Å²) in [6, 6.07) is 17.2. The van der Waals surface area contributed by atoms with E-state index in [0.717, 1.165) is 58.7 Å². The van der Waals surface area contributed by atoms with Crippen LogP contribution in [0.2, 0.25) is 5.02 Å². The van der Waals surface area contributed by atoms with Gasteiger partial charge in [-0.25, -0.2) is 9.97 Å². The number of amides is 1. The summed E-state index contributed by atoms with van der Waals surface area (Å²) in [4.78, 5) is 41.4. The van der Waals surface area contributed by atoms with Gasteiger partial charge in [-0.2, -0.15) is 5.26 Å². The minimum Gasteiger partial charge on any atom is -0.435 e. The lowest BCUT2D eigenvalue weighted by Crippen LogP contribution is -2.29. The third kappa shape index (κ3) is 6.17. The van der Waals surface area contributed by atoms with Crippen LogP contribution in [-0.2, 0) is 24.4 Å². The number of ketones is 1. The number of carbonyl (C=O) groups excluding carboxylic acids is 2. The Bertz CT molecular complexity index is 2000. The van der Waals surface area contributed by atoms with E-state index in [2.05, 4.69) is 38.1 Å². The number of imidazole rings is 1. The highest BCUT2D eigenvalue weighted by molar-refractivity contribution is 6.36. The number of nitrogens with one attached hydrogen (secondary N) is 2. The molecule has 6 rings (SSSR count). The van der Waals surface area contributed by atoms with Crippen molar-refractivity contribution < 1.29 is 14.0 Å².